The second kappa shape index (κ2) is 8.02. The van der Waals surface area contributed by atoms with Gasteiger partial charge in [0.05, 0.1) is 6.61 Å². The molecule has 2 aliphatic rings. The van der Waals surface area contributed by atoms with E-state index in [2.05, 4.69) is 18.7 Å². The molecule has 2 fully saturated rings. The van der Waals surface area contributed by atoms with E-state index in [1.807, 2.05) is 29.2 Å². The lowest BCUT2D eigenvalue weighted by Crippen LogP contribution is -2.51. The molecule has 0 radical (unpaired) electrons. The summed E-state index contributed by atoms with van der Waals surface area (Å²) in [6.07, 6.45) is 5.41. The highest BCUT2D eigenvalue weighted by molar-refractivity contribution is 5.94. The number of hydrogen-bond acceptors (Lipinski definition) is 3. The van der Waals surface area contributed by atoms with E-state index < -0.39 is 0 Å². The van der Waals surface area contributed by atoms with Gasteiger partial charge >= 0.3 is 0 Å². The van der Waals surface area contributed by atoms with Crippen molar-refractivity contribution in [1.82, 2.24) is 9.80 Å². The number of carbonyl (C=O) groups is 1. The number of hydrogen-bond donors (Lipinski definition) is 0. The maximum absolute atomic E-state index is 12.8. The van der Waals surface area contributed by atoms with Crippen LogP contribution in [0.3, 0.4) is 0 Å². The van der Waals surface area contributed by atoms with Gasteiger partial charge in [0.1, 0.15) is 5.75 Å². The van der Waals surface area contributed by atoms with E-state index in [9.17, 15) is 4.79 Å². The average molecular weight is 330 g/mol. The first kappa shape index (κ1) is 17.3. The fraction of sp³-hybridized carbons (Fsp3) is 0.650. The first-order chi connectivity index (χ1) is 11.6. The van der Waals surface area contributed by atoms with Crippen molar-refractivity contribution in [1.29, 1.82) is 0 Å². The minimum atomic E-state index is 0.135. The smallest absolute Gasteiger partial charge is 0.254 e. The molecule has 24 heavy (non-hydrogen) atoms. The fourth-order valence-corrected chi connectivity index (χ4v) is 3.72. The van der Waals surface area contributed by atoms with Crippen LogP contribution in [0.1, 0.15) is 49.9 Å². The van der Waals surface area contributed by atoms with Crippen molar-refractivity contribution in [3.8, 4) is 5.75 Å². The Hall–Kier alpha value is -1.55. The van der Waals surface area contributed by atoms with Crippen LogP contribution in [0.15, 0.2) is 24.3 Å². The predicted octanol–water partition coefficient (Wildman–Crippen LogP) is 3.42. The van der Waals surface area contributed by atoms with Gasteiger partial charge in [0.2, 0.25) is 0 Å². The molecule has 0 N–H and O–H groups in total. The van der Waals surface area contributed by atoms with Crippen LogP contribution in [-0.2, 0) is 0 Å². The molecule has 4 nitrogen and oxygen atoms in total. The Balaban J connectivity index is 1.55. The highest BCUT2D eigenvalue weighted by Crippen LogP contribution is 2.25. The molecule has 1 aromatic carbocycles. The molecule has 0 atom stereocenters. The highest BCUT2D eigenvalue weighted by atomic mass is 16.5. The normalized spacial score (nSPS) is 19.9. The van der Waals surface area contributed by atoms with E-state index >= 15 is 0 Å². The van der Waals surface area contributed by atoms with Crippen molar-refractivity contribution in [3.05, 3.63) is 29.8 Å². The number of nitrogens with zero attached hydrogens (tertiary/aromatic N) is 2. The Morgan fingerprint density at radius 2 is 1.88 bits per heavy atom. The predicted molar refractivity (Wildman–Crippen MR) is 96.5 cm³/mol. The molecule has 0 bridgehead atoms. The van der Waals surface area contributed by atoms with E-state index in [-0.39, 0.29) is 5.91 Å². The molecule has 3 rings (SSSR count). The highest BCUT2D eigenvalue weighted by Gasteiger charge is 2.28. The van der Waals surface area contributed by atoms with Crippen molar-refractivity contribution in [2.75, 3.05) is 32.8 Å². The van der Waals surface area contributed by atoms with Gasteiger partial charge in [0.25, 0.3) is 5.91 Å². The first-order valence-electron chi connectivity index (χ1n) is 9.39. The van der Waals surface area contributed by atoms with E-state index in [0.717, 1.165) is 43.5 Å². The maximum Gasteiger partial charge on any atom is 0.254 e. The molecule has 0 unspecified atom stereocenters. The van der Waals surface area contributed by atoms with Gasteiger partial charge in [-0.25, -0.2) is 0 Å². The van der Waals surface area contributed by atoms with Crippen molar-refractivity contribution < 1.29 is 9.53 Å². The molecule has 0 aromatic heterocycles. The number of piperazine rings is 1. The van der Waals surface area contributed by atoms with Crippen LogP contribution in [0.5, 0.6) is 5.75 Å². The summed E-state index contributed by atoms with van der Waals surface area (Å²) in [6.45, 7) is 8.63. The molecular weight excluding hydrogens is 300 g/mol. The zero-order chi connectivity index (χ0) is 16.9. The monoisotopic (exact) mass is 330 g/mol. The number of ether oxygens (including phenoxy) is 1. The molecule has 1 aliphatic heterocycles. The first-order valence-corrected chi connectivity index (χ1v) is 9.39. The van der Waals surface area contributed by atoms with E-state index in [1.165, 1.54) is 25.7 Å². The van der Waals surface area contributed by atoms with Crippen LogP contribution in [0.25, 0.3) is 0 Å². The molecule has 1 amide bonds. The van der Waals surface area contributed by atoms with Gasteiger partial charge in [0.15, 0.2) is 0 Å². The van der Waals surface area contributed by atoms with Crippen LogP contribution in [-0.4, -0.2) is 54.5 Å². The average Bonchev–Trinajstić information content (AvgIpc) is 3.14. The van der Waals surface area contributed by atoms with Crippen LogP contribution >= 0.6 is 0 Å². The summed E-state index contributed by atoms with van der Waals surface area (Å²) >= 11 is 0. The molecule has 1 heterocycles. The van der Waals surface area contributed by atoms with Crippen LogP contribution < -0.4 is 4.74 Å². The zero-order valence-electron chi connectivity index (χ0n) is 15.0. The molecule has 1 saturated heterocycles. The quantitative estimate of drug-likeness (QED) is 0.829. The lowest BCUT2D eigenvalue weighted by Gasteiger charge is -2.38. The summed E-state index contributed by atoms with van der Waals surface area (Å²) in [5.74, 6) is 1.41. The lowest BCUT2D eigenvalue weighted by molar-refractivity contribution is 0.0573. The molecule has 4 heteroatoms. The molecule has 132 valence electrons. The van der Waals surface area contributed by atoms with E-state index in [0.29, 0.717) is 12.5 Å². The van der Waals surface area contributed by atoms with Crippen LogP contribution in [0.4, 0.5) is 0 Å². The maximum atomic E-state index is 12.8. The van der Waals surface area contributed by atoms with E-state index in [4.69, 9.17) is 4.74 Å². The van der Waals surface area contributed by atoms with Crippen molar-refractivity contribution in [3.63, 3.8) is 0 Å². The standard InChI is InChI=1S/C20H30N2O2/c1-16(2)15-24-19-9-5-6-17(14-19)20(23)22-12-10-21(11-13-22)18-7-3-4-8-18/h5-6,9,14,16,18H,3-4,7-8,10-13,15H2,1-2H3. The third-order valence-corrected chi connectivity index (χ3v) is 5.11. The summed E-state index contributed by atoms with van der Waals surface area (Å²) in [5.41, 5.74) is 0.741. The SMILES string of the molecule is CC(C)COc1cccc(C(=O)N2CCN(C3CCCC3)CC2)c1. The lowest BCUT2D eigenvalue weighted by atomic mass is 10.1. The number of benzene rings is 1. The Morgan fingerprint density at radius 3 is 2.54 bits per heavy atom. The minimum absolute atomic E-state index is 0.135. The molecular formula is C20H30N2O2. The van der Waals surface area contributed by atoms with Crippen molar-refractivity contribution >= 4 is 5.91 Å². The van der Waals surface area contributed by atoms with Crippen molar-refractivity contribution in [2.45, 2.75) is 45.6 Å². The molecule has 1 saturated carbocycles. The summed E-state index contributed by atoms with van der Waals surface area (Å²) < 4.78 is 5.75. The minimum Gasteiger partial charge on any atom is -0.493 e. The van der Waals surface area contributed by atoms with E-state index in [1.54, 1.807) is 0 Å². The number of amides is 1. The van der Waals surface area contributed by atoms with Crippen molar-refractivity contribution in [2.24, 2.45) is 5.92 Å². The van der Waals surface area contributed by atoms with Gasteiger partial charge in [0, 0.05) is 37.8 Å². The van der Waals surface area contributed by atoms with Gasteiger partial charge in [-0.3, -0.25) is 9.69 Å². The molecule has 0 spiro atoms. The zero-order valence-corrected chi connectivity index (χ0v) is 15.0. The second-order valence-electron chi connectivity index (χ2n) is 7.50. The van der Waals surface area contributed by atoms with Gasteiger partial charge in [-0.1, -0.05) is 32.8 Å². The van der Waals surface area contributed by atoms with Gasteiger partial charge in [-0.05, 0) is 37.0 Å². The van der Waals surface area contributed by atoms with Crippen LogP contribution in [0, 0.1) is 5.92 Å². The Morgan fingerprint density at radius 1 is 1.17 bits per heavy atom. The number of carbonyl (C=O) groups excluding carboxylic acids is 1. The Labute approximate surface area is 145 Å². The van der Waals surface area contributed by atoms with Crippen LogP contribution in [0.2, 0.25) is 0 Å². The summed E-state index contributed by atoms with van der Waals surface area (Å²) in [6, 6.07) is 8.38. The summed E-state index contributed by atoms with van der Waals surface area (Å²) in [7, 11) is 0. The summed E-state index contributed by atoms with van der Waals surface area (Å²) in [4.78, 5) is 17.3. The fourth-order valence-electron chi connectivity index (χ4n) is 3.72. The Bertz CT molecular complexity index is 544. The molecule has 1 aliphatic carbocycles. The second-order valence-corrected chi connectivity index (χ2v) is 7.50. The molecule has 1 aromatic rings. The number of rotatable bonds is 5. The van der Waals surface area contributed by atoms with Gasteiger partial charge < -0.3 is 9.64 Å². The summed E-state index contributed by atoms with van der Waals surface area (Å²) in [5, 5.41) is 0. The topological polar surface area (TPSA) is 32.8 Å². The van der Waals surface area contributed by atoms with Gasteiger partial charge in [-0.2, -0.15) is 0 Å². The van der Waals surface area contributed by atoms with Gasteiger partial charge in [-0.15, -0.1) is 0 Å². The third-order valence-electron chi connectivity index (χ3n) is 5.11. The Kier molecular flexibility index (Phi) is 5.77. The third kappa shape index (κ3) is 4.29. The largest absolute Gasteiger partial charge is 0.493 e.